The van der Waals surface area contributed by atoms with E-state index in [1.165, 1.54) is 16.8 Å². The number of nitrogens with zero attached hydrogens (tertiary/aromatic N) is 5. The van der Waals surface area contributed by atoms with Gasteiger partial charge in [0.15, 0.2) is 5.82 Å². The predicted octanol–water partition coefficient (Wildman–Crippen LogP) is 1.44. The summed E-state index contributed by atoms with van der Waals surface area (Å²) in [4.78, 5) is 8.49. The van der Waals surface area contributed by atoms with Gasteiger partial charge in [-0.15, -0.1) is 0 Å². The first kappa shape index (κ1) is 17.9. The van der Waals surface area contributed by atoms with Crippen molar-refractivity contribution in [2.75, 3.05) is 30.0 Å². The lowest BCUT2D eigenvalue weighted by Gasteiger charge is -2.22. The molecule has 1 atom stereocenters. The summed E-state index contributed by atoms with van der Waals surface area (Å²) in [7, 11) is -1.39. The van der Waals surface area contributed by atoms with Crippen LogP contribution in [0, 0.1) is 0 Å². The Bertz CT molecular complexity index is 855. The van der Waals surface area contributed by atoms with Crippen molar-refractivity contribution in [3.63, 3.8) is 0 Å². The third-order valence-corrected chi connectivity index (χ3v) is 5.57. The predicted molar refractivity (Wildman–Crippen MR) is 96.6 cm³/mol. The van der Waals surface area contributed by atoms with E-state index >= 15 is 0 Å². The molecule has 3 heterocycles. The van der Waals surface area contributed by atoms with Crippen LogP contribution in [0.5, 0.6) is 0 Å². The Hall–Kier alpha value is -1.91. The Morgan fingerprint density at radius 2 is 2.20 bits per heavy atom. The number of hydrogen-bond acceptors (Lipinski definition) is 7. The van der Waals surface area contributed by atoms with Crippen molar-refractivity contribution in [2.24, 2.45) is 7.05 Å². The third-order valence-electron chi connectivity index (χ3n) is 3.96. The van der Waals surface area contributed by atoms with Gasteiger partial charge in [0.1, 0.15) is 5.02 Å². The molecule has 2 aromatic heterocycles. The number of hydrogen-bond donors (Lipinski definition) is 2. The van der Waals surface area contributed by atoms with Crippen molar-refractivity contribution < 1.29 is 8.42 Å². The molecule has 0 spiro atoms. The van der Waals surface area contributed by atoms with Crippen LogP contribution in [-0.2, 0) is 17.1 Å². The highest BCUT2D eigenvalue weighted by molar-refractivity contribution is 7.88. The summed E-state index contributed by atoms with van der Waals surface area (Å²) in [5.74, 6) is 0.842. The molecule has 3 rings (SSSR count). The summed E-state index contributed by atoms with van der Waals surface area (Å²) in [5, 5.41) is 10.6. The van der Waals surface area contributed by atoms with Gasteiger partial charge in [0.2, 0.25) is 16.0 Å². The van der Waals surface area contributed by atoms with Crippen LogP contribution in [0.25, 0.3) is 0 Å². The molecule has 2 aromatic rings. The molecule has 25 heavy (non-hydrogen) atoms. The zero-order valence-electron chi connectivity index (χ0n) is 14.0. The number of halogens is 1. The van der Waals surface area contributed by atoms with Crippen LogP contribution in [0.1, 0.15) is 12.8 Å². The zero-order valence-corrected chi connectivity index (χ0v) is 15.5. The van der Waals surface area contributed by atoms with Crippen molar-refractivity contribution in [1.82, 2.24) is 24.1 Å². The quantitative estimate of drug-likeness (QED) is 0.775. The first-order valence-electron chi connectivity index (χ1n) is 7.82. The maximum Gasteiger partial charge on any atom is 0.229 e. The van der Waals surface area contributed by atoms with Crippen LogP contribution in [0.15, 0.2) is 18.6 Å². The first-order valence-corrected chi connectivity index (χ1v) is 10.0. The molecule has 0 radical (unpaired) electrons. The second kappa shape index (κ2) is 7.14. The van der Waals surface area contributed by atoms with Crippen LogP contribution in [-0.4, -0.2) is 57.9 Å². The number of nitrogens with one attached hydrogen (secondary N) is 2. The number of aromatic nitrogens is 4. The molecule has 136 valence electrons. The highest BCUT2D eigenvalue weighted by atomic mass is 35.5. The molecule has 9 nitrogen and oxygen atoms in total. The lowest BCUT2D eigenvalue weighted by atomic mass is 10.2. The van der Waals surface area contributed by atoms with Gasteiger partial charge in [-0.3, -0.25) is 4.68 Å². The smallest absolute Gasteiger partial charge is 0.229 e. The molecular formula is C14H20ClN7O2S. The van der Waals surface area contributed by atoms with E-state index in [-0.39, 0.29) is 6.04 Å². The van der Waals surface area contributed by atoms with Gasteiger partial charge < -0.3 is 10.6 Å². The average Bonchev–Trinajstić information content (AvgIpc) is 3.16. The first-order chi connectivity index (χ1) is 11.8. The molecule has 1 aliphatic rings. The molecule has 1 aliphatic heterocycles. The SMILES string of the molecule is Cn1cc(Nc2ncc(Cl)c(NC[C@@H]3CCCN3S(C)(=O)=O)n2)cn1. The van der Waals surface area contributed by atoms with Gasteiger partial charge in [0.25, 0.3) is 0 Å². The number of anilines is 3. The van der Waals surface area contributed by atoms with Crippen molar-refractivity contribution in [1.29, 1.82) is 0 Å². The average molecular weight is 386 g/mol. The second-order valence-corrected chi connectivity index (χ2v) is 8.31. The number of rotatable bonds is 6. The van der Waals surface area contributed by atoms with E-state index in [4.69, 9.17) is 11.6 Å². The standard InChI is InChI=1S/C14H20ClN7O2S/c1-21-9-10(6-18-21)19-14-17-8-12(15)13(20-14)16-7-11-4-3-5-22(11)25(2,23)24/h6,8-9,11H,3-5,7H2,1-2H3,(H2,16,17,19,20)/t11-/m0/s1. The highest BCUT2D eigenvalue weighted by Gasteiger charge is 2.31. The molecule has 1 fully saturated rings. The van der Waals surface area contributed by atoms with E-state index in [9.17, 15) is 8.42 Å². The Kier molecular flexibility index (Phi) is 5.11. The summed E-state index contributed by atoms with van der Waals surface area (Å²) >= 11 is 6.15. The van der Waals surface area contributed by atoms with Gasteiger partial charge in [-0.1, -0.05) is 11.6 Å². The number of aryl methyl sites for hydroxylation is 1. The van der Waals surface area contributed by atoms with Crippen LogP contribution >= 0.6 is 11.6 Å². The normalized spacial score (nSPS) is 18.4. The fourth-order valence-corrected chi connectivity index (χ4v) is 4.17. The van der Waals surface area contributed by atoms with E-state index in [0.29, 0.717) is 29.9 Å². The molecule has 2 N–H and O–H groups in total. The summed E-state index contributed by atoms with van der Waals surface area (Å²) in [6, 6.07) is -0.101. The molecule has 0 aromatic carbocycles. The van der Waals surface area contributed by atoms with Crippen LogP contribution in [0.2, 0.25) is 5.02 Å². The van der Waals surface area contributed by atoms with E-state index in [1.54, 1.807) is 17.1 Å². The fourth-order valence-electron chi connectivity index (χ4n) is 2.83. The minimum absolute atomic E-state index is 0.101. The van der Waals surface area contributed by atoms with Gasteiger partial charge in [-0.25, -0.2) is 13.4 Å². The molecule has 0 saturated carbocycles. The maximum atomic E-state index is 11.8. The van der Waals surface area contributed by atoms with Crippen molar-refractivity contribution in [3.05, 3.63) is 23.6 Å². The van der Waals surface area contributed by atoms with Crippen LogP contribution in [0.4, 0.5) is 17.5 Å². The minimum Gasteiger partial charge on any atom is -0.367 e. The topological polar surface area (TPSA) is 105 Å². The second-order valence-electron chi connectivity index (χ2n) is 5.97. The van der Waals surface area contributed by atoms with Gasteiger partial charge in [0.05, 0.1) is 24.3 Å². The van der Waals surface area contributed by atoms with Crippen LogP contribution < -0.4 is 10.6 Å². The Morgan fingerprint density at radius 1 is 1.40 bits per heavy atom. The third kappa shape index (κ3) is 4.39. The molecule has 0 bridgehead atoms. The van der Waals surface area contributed by atoms with E-state index in [1.807, 2.05) is 7.05 Å². The fraction of sp³-hybridized carbons (Fsp3) is 0.500. The van der Waals surface area contributed by atoms with E-state index < -0.39 is 10.0 Å². The van der Waals surface area contributed by atoms with Gasteiger partial charge in [-0.2, -0.15) is 14.4 Å². The Labute approximate surface area is 151 Å². The van der Waals surface area contributed by atoms with Crippen LogP contribution in [0.3, 0.4) is 0 Å². The van der Waals surface area contributed by atoms with Crippen molar-refractivity contribution in [3.8, 4) is 0 Å². The summed E-state index contributed by atoms with van der Waals surface area (Å²) in [6.07, 6.45) is 7.85. The van der Waals surface area contributed by atoms with Gasteiger partial charge in [-0.05, 0) is 12.8 Å². The monoisotopic (exact) mass is 385 g/mol. The Morgan fingerprint density at radius 3 is 2.88 bits per heavy atom. The zero-order chi connectivity index (χ0) is 18.0. The molecule has 11 heteroatoms. The van der Waals surface area contributed by atoms with E-state index in [0.717, 1.165) is 18.5 Å². The highest BCUT2D eigenvalue weighted by Crippen LogP contribution is 2.24. The molecule has 0 amide bonds. The van der Waals surface area contributed by atoms with Crippen molar-refractivity contribution in [2.45, 2.75) is 18.9 Å². The lowest BCUT2D eigenvalue weighted by Crippen LogP contribution is -2.38. The van der Waals surface area contributed by atoms with Gasteiger partial charge in [0, 0.05) is 32.4 Å². The summed E-state index contributed by atoms with van der Waals surface area (Å²) < 4.78 is 26.8. The lowest BCUT2D eigenvalue weighted by molar-refractivity contribution is 0.402. The molecule has 0 aliphatic carbocycles. The van der Waals surface area contributed by atoms with E-state index in [2.05, 4.69) is 25.7 Å². The minimum atomic E-state index is -3.21. The van der Waals surface area contributed by atoms with Gasteiger partial charge >= 0.3 is 0 Å². The largest absolute Gasteiger partial charge is 0.367 e. The maximum absolute atomic E-state index is 11.8. The molecule has 0 unspecified atom stereocenters. The molecular weight excluding hydrogens is 366 g/mol. The number of sulfonamides is 1. The Balaban J connectivity index is 1.68. The summed E-state index contributed by atoms with van der Waals surface area (Å²) in [6.45, 7) is 0.993. The van der Waals surface area contributed by atoms with Crippen molar-refractivity contribution >= 4 is 39.1 Å². The molecule has 1 saturated heterocycles. The summed E-state index contributed by atoms with van der Waals surface area (Å²) in [5.41, 5.74) is 0.759.